The number of carbonyl (C=O) groups excluding carboxylic acids is 2. The lowest BCUT2D eigenvalue weighted by Crippen LogP contribution is -2.41. The van der Waals surface area contributed by atoms with Crippen molar-refractivity contribution in [2.45, 2.75) is 0 Å². The van der Waals surface area contributed by atoms with E-state index in [1.165, 1.54) is 29.5 Å². The van der Waals surface area contributed by atoms with Gasteiger partial charge in [-0.3, -0.25) is 25.5 Å². The monoisotopic (exact) mass is 517 g/mol. The normalized spacial score (nSPS) is 13.7. The number of amides is 2. The molecule has 2 aromatic carbocycles. The third-order valence-corrected chi connectivity index (χ3v) is 7.14. The fourth-order valence-electron chi connectivity index (χ4n) is 4.19. The number of halogens is 1. The van der Waals surface area contributed by atoms with Crippen LogP contribution in [0, 0.1) is 5.82 Å². The van der Waals surface area contributed by atoms with Crippen LogP contribution in [0.15, 0.2) is 54.7 Å². The van der Waals surface area contributed by atoms with Gasteiger partial charge in [0.25, 0.3) is 11.8 Å². The van der Waals surface area contributed by atoms with E-state index in [4.69, 9.17) is 14.7 Å². The molecule has 0 atom stereocenters. The zero-order valence-electron chi connectivity index (χ0n) is 19.3. The maximum absolute atomic E-state index is 13.9. The minimum atomic E-state index is -0.753. The number of fused-ring (bicyclic) bond motifs is 2. The van der Waals surface area contributed by atoms with Crippen LogP contribution >= 0.6 is 11.3 Å². The molecule has 2 amide bonds. The SMILES string of the molecule is O=C(NNC(=O)c1ccccc1F)c1cc2nc(-c3cccc4[nH]ncc34)nc(N3CCOCC3)c2s1. The van der Waals surface area contributed by atoms with Gasteiger partial charge in [-0.25, -0.2) is 14.4 Å². The number of aromatic nitrogens is 4. The van der Waals surface area contributed by atoms with Crippen molar-refractivity contribution in [3.05, 3.63) is 71.0 Å². The lowest BCUT2D eigenvalue weighted by atomic mass is 10.1. The van der Waals surface area contributed by atoms with Crippen LogP contribution in [0.1, 0.15) is 20.0 Å². The Morgan fingerprint density at radius 1 is 1.03 bits per heavy atom. The van der Waals surface area contributed by atoms with E-state index in [2.05, 4.69) is 25.9 Å². The number of anilines is 1. The number of ether oxygens (including phenoxy) is 1. The molecule has 0 bridgehead atoms. The number of hydrazine groups is 1. The van der Waals surface area contributed by atoms with E-state index in [1.807, 2.05) is 18.2 Å². The van der Waals surface area contributed by atoms with Gasteiger partial charge in [-0.2, -0.15) is 5.10 Å². The maximum Gasteiger partial charge on any atom is 0.279 e. The molecule has 3 N–H and O–H groups in total. The van der Waals surface area contributed by atoms with Crippen LogP contribution in [0.5, 0.6) is 0 Å². The van der Waals surface area contributed by atoms with E-state index >= 15 is 0 Å². The zero-order valence-corrected chi connectivity index (χ0v) is 20.1. The van der Waals surface area contributed by atoms with Crippen LogP contribution < -0.4 is 15.8 Å². The summed E-state index contributed by atoms with van der Waals surface area (Å²) >= 11 is 1.22. The minimum absolute atomic E-state index is 0.169. The van der Waals surface area contributed by atoms with Gasteiger partial charge in [-0.05, 0) is 24.3 Å². The van der Waals surface area contributed by atoms with Crippen molar-refractivity contribution in [1.29, 1.82) is 0 Å². The molecule has 1 fully saturated rings. The summed E-state index contributed by atoms with van der Waals surface area (Å²) in [5, 5.41) is 7.98. The van der Waals surface area contributed by atoms with Crippen LogP contribution in [0.25, 0.3) is 32.5 Å². The van der Waals surface area contributed by atoms with Crippen LogP contribution in [-0.4, -0.2) is 58.3 Å². The van der Waals surface area contributed by atoms with Gasteiger partial charge >= 0.3 is 0 Å². The molecule has 12 heteroatoms. The lowest BCUT2D eigenvalue weighted by Gasteiger charge is -2.28. The second-order valence-electron chi connectivity index (χ2n) is 8.32. The molecule has 0 saturated carbocycles. The first-order valence-corrected chi connectivity index (χ1v) is 12.3. The molecule has 1 aliphatic heterocycles. The number of rotatable bonds is 4. The Bertz CT molecular complexity index is 1640. The number of nitrogens with one attached hydrogen (secondary N) is 3. The summed E-state index contributed by atoms with van der Waals surface area (Å²) in [6, 6.07) is 13.0. The number of hydrogen-bond acceptors (Lipinski definition) is 8. The van der Waals surface area contributed by atoms with Crippen molar-refractivity contribution in [2.24, 2.45) is 0 Å². The van der Waals surface area contributed by atoms with Gasteiger partial charge in [-0.15, -0.1) is 11.3 Å². The first kappa shape index (κ1) is 23.0. The lowest BCUT2D eigenvalue weighted by molar-refractivity contribution is 0.0846. The Hall–Kier alpha value is -4.42. The second kappa shape index (κ2) is 9.56. The largest absolute Gasteiger partial charge is 0.378 e. The Balaban J connectivity index is 1.35. The summed E-state index contributed by atoms with van der Waals surface area (Å²) in [5.41, 5.74) is 6.75. The standard InChI is InChI=1S/C25H20FN7O3S/c26-17-6-2-1-4-15(17)24(34)31-32-25(35)20-12-19-21(37-20)23(33-8-10-36-11-9-33)29-22(28-19)14-5-3-7-18-16(14)13-27-30-18/h1-7,12-13H,8-11H2,(H,27,30)(H,31,34)(H,32,35). The fraction of sp³-hybridized carbons (Fsp3) is 0.160. The van der Waals surface area contributed by atoms with Crippen LogP contribution in [0.2, 0.25) is 0 Å². The van der Waals surface area contributed by atoms with Crippen LogP contribution in [0.3, 0.4) is 0 Å². The number of carbonyl (C=O) groups is 2. The summed E-state index contributed by atoms with van der Waals surface area (Å²) < 4.78 is 20.2. The molecule has 37 heavy (non-hydrogen) atoms. The summed E-state index contributed by atoms with van der Waals surface area (Å²) in [4.78, 5) is 37.3. The van der Waals surface area contributed by atoms with Crippen molar-refractivity contribution in [3.8, 4) is 11.4 Å². The van der Waals surface area contributed by atoms with Crippen molar-refractivity contribution in [3.63, 3.8) is 0 Å². The number of hydrogen-bond donors (Lipinski definition) is 3. The van der Waals surface area contributed by atoms with Crippen molar-refractivity contribution in [2.75, 3.05) is 31.2 Å². The molecule has 0 unspecified atom stereocenters. The number of morpholine rings is 1. The summed E-state index contributed by atoms with van der Waals surface area (Å²) in [7, 11) is 0. The van der Waals surface area contributed by atoms with E-state index in [-0.39, 0.29) is 5.56 Å². The molecule has 6 rings (SSSR count). The fourth-order valence-corrected chi connectivity index (χ4v) is 5.20. The minimum Gasteiger partial charge on any atom is -0.378 e. The van der Waals surface area contributed by atoms with Crippen molar-refractivity contribution in [1.82, 2.24) is 31.0 Å². The molecule has 0 radical (unpaired) electrons. The molecule has 0 aliphatic carbocycles. The number of benzene rings is 2. The average molecular weight is 518 g/mol. The van der Waals surface area contributed by atoms with E-state index in [1.54, 1.807) is 18.3 Å². The predicted molar refractivity (Wildman–Crippen MR) is 137 cm³/mol. The number of aromatic amines is 1. The Labute approximate surface area is 213 Å². The summed E-state index contributed by atoms with van der Waals surface area (Å²) in [6.45, 7) is 2.44. The van der Waals surface area contributed by atoms with E-state index in [0.717, 1.165) is 21.2 Å². The number of thiophene rings is 1. The van der Waals surface area contributed by atoms with Gasteiger partial charge in [0, 0.05) is 24.0 Å². The average Bonchev–Trinajstić information content (AvgIpc) is 3.59. The highest BCUT2D eigenvalue weighted by Crippen LogP contribution is 2.35. The Morgan fingerprint density at radius 3 is 2.68 bits per heavy atom. The van der Waals surface area contributed by atoms with Gasteiger partial charge in [0.05, 0.1) is 45.6 Å². The van der Waals surface area contributed by atoms with Gasteiger partial charge in [0.1, 0.15) is 5.82 Å². The zero-order chi connectivity index (χ0) is 25.4. The molecule has 5 aromatic rings. The van der Waals surface area contributed by atoms with Crippen molar-refractivity contribution < 1.29 is 18.7 Å². The molecule has 10 nitrogen and oxygen atoms in total. The summed E-state index contributed by atoms with van der Waals surface area (Å²) in [5.74, 6) is -0.750. The van der Waals surface area contributed by atoms with Crippen LogP contribution in [-0.2, 0) is 4.74 Å². The van der Waals surface area contributed by atoms with Gasteiger partial charge in [0.15, 0.2) is 11.6 Å². The van der Waals surface area contributed by atoms with E-state index in [9.17, 15) is 14.0 Å². The Kier molecular flexibility index (Phi) is 5.94. The topological polar surface area (TPSA) is 125 Å². The quantitative estimate of drug-likeness (QED) is 0.313. The third-order valence-electron chi connectivity index (χ3n) is 6.02. The van der Waals surface area contributed by atoms with Crippen molar-refractivity contribution >= 4 is 50.1 Å². The van der Waals surface area contributed by atoms with Gasteiger partial charge in [-0.1, -0.05) is 24.3 Å². The first-order chi connectivity index (χ1) is 18.1. The molecule has 1 aliphatic rings. The first-order valence-electron chi connectivity index (χ1n) is 11.5. The van der Waals surface area contributed by atoms with E-state index in [0.29, 0.717) is 48.3 Å². The maximum atomic E-state index is 13.9. The molecule has 1 saturated heterocycles. The highest BCUT2D eigenvalue weighted by Gasteiger charge is 2.23. The Morgan fingerprint density at radius 2 is 1.84 bits per heavy atom. The highest BCUT2D eigenvalue weighted by atomic mass is 32.1. The molecule has 186 valence electrons. The molecule has 0 spiro atoms. The van der Waals surface area contributed by atoms with Gasteiger partial charge < -0.3 is 9.64 Å². The smallest absolute Gasteiger partial charge is 0.279 e. The molecular formula is C25H20FN7O3S. The number of H-pyrrole nitrogens is 1. The molecular weight excluding hydrogens is 497 g/mol. The number of nitrogens with zero attached hydrogens (tertiary/aromatic N) is 4. The summed E-state index contributed by atoms with van der Waals surface area (Å²) in [6.07, 6.45) is 1.73. The van der Waals surface area contributed by atoms with Gasteiger partial charge in [0.2, 0.25) is 0 Å². The third kappa shape index (κ3) is 4.36. The predicted octanol–water partition coefficient (Wildman–Crippen LogP) is 3.29. The van der Waals surface area contributed by atoms with E-state index < -0.39 is 17.6 Å². The highest BCUT2D eigenvalue weighted by molar-refractivity contribution is 7.21. The second-order valence-corrected chi connectivity index (χ2v) is 9.37. The van der Waals surface area contributed by atoms with Crippen LogP contribution in [0.4, 0.5) is 10.2 Å². The molecule has 3 aromatic heterocycles. The molecule has 4 heterocycles.